The van der Waals surface area contributed by atoms with E-state index in [1.165, 1.54) is 6.26 Å². The minimum absolute atomic E-state index is 0.0263. The number of carbonyl (C=O) groups is 1. The first-order valence-corrected chi connectivity index (χ1v) is 10.3. The van der Waals surface area contributed by atoms with Crippen LogP contribution in [-0.4, -0.2) is 22.8 Å². The zero-order valence-electron chi connectivity index (χ0n) is 18.3. The van der Waals surface area contributed by atoms with Gasteiger partial charge in [-0.2, -0.15) is 10.4 Å². The van der Waals surface area contributed by atoms with E-state index in [0.717, 1.165) is 22.6 Å². The predicted molar refractivity (Wildman–Crippen MR) is 124 cm³/mol. The van der Waals surface area contributed by atoms with Crippen LogP contribution in [0.5, 0.6) is 5.75 Å². The summed E-state index contributed by atoms with van der Waals surface area (Å²) in [6.07, 6.45) is 4.90. The molecule has 0 bridgehead atoms. The van der Waals surface area contributed by atoms with Gasteiger partial charge in [-0.15, -0.1) is 0 Å². The van der Waals surface area contributed by atoms with Gasteiger partial charge in [-0.05, 0) is 61.0 Å². The maximum atomic E-state index is 12.7. The van der Waals surface area contributed by atoms with E-state index in [-0.39, 0.29) is 12.1 Å². The molecule has 2 heterocycles. The van der Waals surface area contributed by atoms with Gasteiger partial charge in [0.2, 0.25) is 0 Å². The molecule has 0 atom stereocenters. The fraction of sp³-hybridized carbons (Fsp3) is 0.115. The number of methoxy groups -OCH3 is 1. The zero-order valence-corrected chi connectivity index (χ0v) is 18.3. The lowest BCUT2D eigenvalue weighted by Gasteiger charge is -2.07. The van der Waals surface area contributed by atoms with E-state index in [2.05, 4.69) is 5.32 Å². The molecule has 4 rings (SSSR count). The Morgan fingerprint density at radius 3 is 2.70 bits per heavy atom. The zero-order chi connectivity index (χ0) is 23.2. The number of nitrogens with zero attached hydrogens (tertiary/aromatic N) is 3. The van der Waals surface area contributed by atoms with E-state index < -0.39 is 5.91 Å². The number of furan rings is 1. The third-order valence-electron chi connectivity index (χ3n) is 5.12. The molecule has 0 unspecified atom stereocenters. The highest BCUT2D eigenvalue weighted by Crippen LogP contribution is 2.30. The number of nitrogens with one attached hydrogen (secondary N) is 1. The highest BCUT2D eigenvalue weighted by atomic mass is 16.5. The van der Waals surface area contributed by atoms with Crippen molar-refractivity contribution in [3.8, 4) is 28.8 Å². The second kappa shape index (κ2) is 9.71. The molecule has 7 heteroatoms. The van der Waals surface area contributed by atoms with Crippen molar-refractivity contribution in [2.75, 3.05) is 7.11 Å². The SMILES string of the molecule is COc1ccc(-c2nn(-c3ccccc3)cc2/C=C(\C#N)C(=O)NCc2ccco2)c(C)c1. The maximum absolute atomic E-state index is 12.7. The van der Waals surface area contributed by atoms with Crippen LogP contribution in [0, 0.1) is 18.3 Å². The van der Waals surface area contributed by atoms with Crippen molar-refractivity contribution >= 4 is 12.0 Å². The van der Waals surface area contributed by atoms with Gasteiger partial charge in [0.05, 0.1) is 25.6 Å². The molecule has 0 aliphatic carbocycles. The van der Waals surface area contributed by atoms with E-state index in [9.17, 15) is 10.1 Å². The Labute approximate surface area is 191 Å². The van der Waals surface area contributed by atoms with Crippen LogP contribution in [0.15, 0.2) is 83.1 Å². The summed E-state index contributed by atoms with van der Waals surface area (Å²) in [4.78, 5) is 12.7. The molecule has 7 nitrogen and oxygen atoms in total. The minimum atomic E-state index is -0.487. The van der Waals surface area contributed by atoms with E-state index in [4.69, 9.17) is 14.3 Å². The summed E-state index contributed by atoms with van der Waals surface area (Å²) in [5.41, 5.74) is 3.99. The molecule has 0 radical (unpaired) electrons. The third kappa shape index (κ3) is 4.86. The molecule has 2 aromatic heterocycles. The molecule has 33 heavy (non-hydrogen) atoms. The fourth-order valence-corrected chi connectivity index (χ4v) is 3.42. The molecule has 4 aromatic rings. The Morgan fingerprint density at radius 2 is 2.03 bits per heavy atom. The number of hydrogen-bond donors (Lipinski definition) is 1. The second-order valence-corrected chi connectivity index (χ2v) is 7.33. The lowest BCUT2D eigenvalue weighted by atomic mass is 10.0. The molecule has 1 amide bonds. The van der Waals surface area contributed by atoms with Crippen LogP contribution < -0.4 is 10.1 Å². The van der Waals surface area contributed by atoms with E-state index >= 15 is 0 Å². The molecule has 0 saturated heterocycles. The van der Waals surface area contributed by atoms with Gasteiger partial charge in [-0.25, -0.2) is 4.68 Å². The average molecular weight is 438 g/mol. The van der Waals surface area contributed by atoms with Gasteiger partial charge in [0, 0.05) is 17.3 Å². The topological polar surface area (TPSA) is 93.1 Å². The van der Waals surface area contributed by atoms with Gasteiger partial charge in [0.25, 0.3) is 5.91 Å². The number of aromatic nitrogens is 2. The number of amides is 1. The van der Waals surface area contributed by atoms with Crippen molar-refractivity contribution in [2.24, 2.45) is 0 Å². The van der Waals surface area contributed by atoms with Crippen LogP contribution in [0.3, 0.4) is 0 Å². The van der Waals surface area contributed by atoms with Crippen molar-refractivity contribution < 1.29 is 13.9 Å². The van der Waals surface area contributed by atoms with Gasteiger partial charge in [-0.1, -0.05) is 18.2 Å². The molecule has 1 N–H and O–H groups in total. The van der Waals surface area contributed by atoms with E-state index in [1.54, 1.807) is 30.0 Å². The largest absolute Gasteiger partial charge is 0.497 e. The summed E-state index contributed by atoms with van der Waals surface area (Å²) in [5, 5.41) is 17.2. The van der Waals surface area contributed by atoms with Crippen LogP contribution in [0.2, 0.25) is 0 Å². The van der Waals surface area contributed by atoms with Crippen LogP contribution in [0.25, 0.3) is 23.0 Å². The molecular weight excluding hydrogens is 416 g/mol. The molecule has 2 aromatic carbocycles. The van der Waals surface area contributed by atoms with Crippen molar-refractivity contribution in [3.05, 3.63) is 95.6 Å². The monoisotopic (exact) mass is 438 g/mol. The normalized spacial score (nSPS) is 11.1. The lowest BCUT2D eigenvalue weighted by molar-refractivity contribution is -0.117. The Kier molecular flexibility index (Phi) is 6.37. The summed E-state index contributed by atoms with van der Waals surface area (Å²) in [7, 11) is 1.62. The Bertz CT molecular complexity index is 1330. The van der Waals surface area contributed by atoms with Gasteiger partial charge in [0.15, 0.2) is 0 Å². The number of aryl methyl sites for hydroxylation is 1. The van der Waals surface area contributed by atoms with E-state index in [1.807, 2.05) is 67.7 Å². The number of nitriles is 1. The predicted octanol–water partition coefficient (Wildman–Crippen LogP) is 4.67. The molecule has 0 spiro atoms. The molecular formula is C26H22N4O3. The number of hydrogen-bond acceptors (Lipinski definition) is 5. The third-order valence-corrected chi connectivity index (χ3v) is 5.12. The first-order valence-electron chi connectivity index (χ1n) is 10.3. The molecule has 0 aliphatic rings. The van der Waals surface area contributed by atoms with Crippen molar-refractivity contribution in [2.45, 2.75) is 13.5 Å². The summed E-state index contributed by atoms with van der Waals surface area (Å²) >= 11 is 0. The van der Waals surface area contributed by atoms with Crippen LogP contribution in [0.4, 0.5) is 0 Å². The molecule has 0 saturated carbocycles. The van der Waals surface area contributed by atoms with Crippen molar-refractivity contribution in [1.29, 1.82) is 5.26 Å². The highest BCUT2D eigenvalue weighted by Gasteiger charge is 2.17. The molecule has 0 fully saturated rings. The van der Waals surface area contributed by atoms with Crippen molar-refractivity contribution in [3.63, 3.8) is 0 Å². The number of ether oxygens (including phenoxy) is 1. The quantitative estimate of drug-likeness (QED) is 0.334. The summed E-state index contributed by atoms with van der Waals surface area (Å²) in [5.74, 6) is 0.858. The number of carbonyl (C=O) groups excluding carboxylic acids is 1. The van der Waals surface area contributed by atoms with Gasteiger partial charge in [-0.3, -0.25) is 4.79 Å². The number of para-hydroxylation sites is 1. The fourth-order valence-electron chi connectivity index (χ4n) is 3.42. The summed E-state index contributed by atoms with van der Waals surface area (Å²) in [6, 6.07) is 20.9. The first-order chi connectivity index (χ1) is 16.1. The lowest BCUT2D eigenvalue weighted by Crippen LogP contribution is -2.23. The maximum Gasteiger partial charge on any atom is 0.262 e. The first kappa shape index (κ1) is 21.7. The van der Waals surface area contributed by atoms with E-state index in [0.29, 0.717) is 17.0 Å². The number of rotatable bonds is 7. The smallest absolute Gasteiger partial charge is 0.262 e. The van der Waals surface area contributed by atoms with Crippen LogP contribution >= 0.6 is 0 Å². The summed E-state index contributed by atoms with van der Waals surface area (Å²) < 4.78 is 12.3. The second-order valence-electron chi connectivity index (χ2n) is 7.33. The van der Waals surface area contributed by atoms with Crippen molar-refractivity contribution in [1.82, 2.24) is 15.1 Å². The number of benzene rings is 2. The highest BCUT2D eigenvalue weighted by molar-refractivity contribution is 6.02. The van der Waals surface area contributed by atoms with Gasteiger partial charge < -0.3 is 14.5 Å². The minimum Gasteiger partial charge on any atom is -0.497 e. The van der Waals surface area contributed by atoms with Crippen LogP contribution in [0.1, 0.15) is 16.9 Å². The van der Waals surface area contributed by atoms with Crippen LogP contribution in [-0.2, 0) is 11.3 Å². The Balaban J connectivity index is 1.74. The van der Waals surface area contributed by atoms with Gasteiger partial charge >= 0.3 is 0 Å². The average Bonchev–Trinajstić information content (AvgIpc) is 3.51. The summed E-state index contributed by atoms with van der Waals surface area (Å²) in [6.45, 7) is 2.16. The Hall–Kier alpha value is -4.57. The Morgan fingerprint density at radius 1 is 1.21 bits per heavy atom. The van der Waals surface area contributed by atoms with Gasteiger partial charge in [0.1, 0.15) is 28.8 Å². The standard InChI is InChI=1S/C26H22N4O3/c1-18-13-22(32-2)10-11-24(18)25-20(17-30(29-25)21-7-4-3-5-8-21)14-19(15-27)26(31)28-16-23-9-6-12-33-23/h3-14,17H,16H2,1-2H3,(H,28,31)/b19-14+. The molecule has 164 valence electrons. The molecule has 0 aliphatic heterocycles.